The molecular weight excluding hydrogens is 196 g/mol. The third-order valence-corrected chi connectivity index (χ3v) is 3.03. The standard InChI is InChI=1S/C14H26N2/c1-4-6-8-14(7-5-2)15-11-13-9-10-16(3)12-13/h9-10,12,14-15H,4-8,11H2,1-3H3. The van der Waals surface area contributed by atoms with Crippen LogP contribution in [0.4, 0.5) is 0 Å². The third kappa shape index (κ3) is 4.84. The lowest BCUT2D eigenvalue weighted by Gasteiger charge is -2.17. The molecule has 0 aliphatic rings. The number of unbranched alkanes of at least 4 members (excludes halogenated alkanes) is 1. The molecule has 1 heterocycles. The maximum Gasteiger partial charge on any atom is 0.0223 e. The van der Waals surface area contributed by atoms with E-state index < -0.39 is 0 Å². The van der Waals surface area contributed by atoms with Gasteiger partial charge < -0.3 is 9.88 Å². The van der Waals surface area contributed by atoms with E-state index >= 15 is 0 Å². The molecular formula is C14H26N2. The van der Waals surface area contributed by atoms with Crippen molar-refractivity contribution in [3.8, 4) is 0 Å². The summed E-state index contributed by atoms with van der Waals surface area (Å²) in [5.41, 5.74) is 1.39. The minimum atomic E-state index is 0.699. The van der Waals surface area contributed by atoms with E-state index in [0.29, 0.717) is 6.04 Å². The summed E-state index contributed by atoms with van der Waals surface area (Å²) in [7, 11) is 2.07. The summed E-state index contributed by atoms with van der Waals surface area (Å²) in [6.45, 7) is 5.54. The van der Waals surface area contributed by atoms with Crippen molar-refractivity contribution in [2.24, 2.45) is 7.05 Å². The summed E-state index contributed by atoms with van der Waals surface area (Å²) in [5, 5.41) is 3.67. The number of aromatic nitrogens is 1. The van der Waals surface area contributed by atoms with Crippen LogP contribution < -0.4 is 5.32 Å². The van der Waals surface area contributed by atoms with Gasteiger partial charge in [0.25, 0.3) is 0 Å². The van der Waals surface area contributed by atoms with Crippen LogP contribution in [0, 0.1) is 0 Å². The first-order valence-corrected chi connectivity index (χ1v) is 6.60. The second kappa shape index (κ2) is 7.50. The van der Waals surface area contributed by atoms with Crippen molar-refractivity contribution in [1.29, 1.82) is 0 Å². The van der Waals surface area contributed by atoms with E-state index in [1.54, 1.807) is 0 Å². The molecule has 92 valence electrons. The van der Waals surface area contributed by atoms with Crippen LogP contribution in [0.25, 0.3) is 0 Å². The largest absolute Gasteiger partial charge is 0.357 e. The Morgan fingerprint density at radius 1 is 1.25 bits per heavy atom. The molecule has 1 rings (SSSR count). The Morgan fingerprint density at radius 3 is 2.62 bits per heavy atom. The summed E-state index contributed by atoms with van der Waals surface area (Å²) in [5.74, 6) is 0. The van der Waals surface area contributed by atoms with E-state index in [0.717, 1.165) is 6.54 Å². The molecule has 1 aromatic rings. The van der Waals surface area contributed by atoms with Crippen molar-refractivity contribution in [1.82, 2.24) is 9.88 Å². The smallest absolute Gasteiger partial charge is 0.0223 e. The normalized spacial score (nSPS) is 12.9. The zero-order valence-electron chi connectivity index (χ0n) is 11.0. The van der Waals surface area contributed by atoms with Gasteiger partial charge in [0, 0.05) is 32.0 Å². The fraction of sp³-hybridized carbons (Fsp3) is 0.714. The van der Waals surface area contributed by atoms with Gasteiger partial charge in [-0.05, 0) is 24.5 Å². The molecule has 1 unspecified atom stereocenters. The van der Waals surface area contributed by atoms with Gasteiger partial charge in [-0.25, -0.2) is 0 Å². The van der Waals surface area contributed by atoms with Crippen molar-refractivity contribution in [2.45, 2.75) is 58.5 Å². The first kappa shape index (κ1) is 13.3. The Hall–Kier alpha value is -0.760. The molecule has 2 heteroatoms. The van der Waals surface area contributed by atoms with Crippen LogP contribution in [0.3, 0.4) is 0 Å². The average Bonchev–Trinajstić information content (AvgIpc) is 2.68. The fourth-order valence-corrected chi connectivity index (χ4v) is 2.08. The van der Waals surface area contributed by atoms with Crippen molar-refractivity contribution < 1.29 is 0 Å². The van der Waals surface area contributed by atoms with E-state index in [-0.39, 0.29) is 0 Å². The first-order valence-electron chi connectivity index (χ1n) is 6.60. The molecule has 0 saturated heterocycles. The number of rotatable bonds is 8. The number of hydrogen-bond acceptors (Lipinski definition) is 1. The van der Waals surface area contributed by atoms with Crippen LogP contribution in [-0.4, -0.2) is 10.6 Å². The summed E-state index contributed by atoms with van der Waals surface area (Å²) in [6.07, 6.45) is 10.8. The van der Waals surface area contributed by atoms with Crippen LogP contribution in [0.2, 0.25) is 0 Å². The predicted octanol–water partition coefficient (Wildman–Crippen LogP) is 3.47. The molecule has 2 nitrogen and oxygen atoms in total. The third-order valence-electron chi connectivity index (χ3n) is 3.03. The van der Waals surface area contributed by atoms with Crippen LogP contribution in [0.1, 0.15) is 51.5 Å². The van der Waals surface area contributed by atoms with Gasteiger partial charge in [0.05, 0.1) is 0 Å². The molecule has 0 bridgehead atoms. The van der Waals surface area contributed by atoms with Crippen LogP contribution >= 0.6 is 0 Å². The average molecular weight is 222 g/mol. The van der Waals surface area contributed by atoms with Crippen molar-refractivity contribution in [2.75, 3.05) is 0 Å². The molecule has 0 fully saturated rings. The Kier molecular flexibility index (Phi) is 6.24. The molecule has 0 spiro atoms. The zero-order valence-corrected chi connectivity index (χ0v) is 11.0. The maximum atomic E-state index is 3.67. The summed E-state index contributed by atoms with van der Waals surface area (Å²) in [4.78, 5) is 0. The monoisotopic (exact) mass is 222 g/mol. The number of nitrogens with one attached hydrogen (secondary N) is 1. The first-order chi connectivity index (χ1) is 7.76. The van der Waals surface area contributed by atoms with E-state index in [1.807, 2.05) is 0 Å². The molecule has 0 aromatic carbocycles. The predicted molar refractivity (Wildman–Crippen MR) is 70.5 cm³/mol. The number of nitrogens with zero attached hydrogens (tertiary/aromatic N) is 1. The SMILES string of the molecule is CCCCC(CCC)NCc1ccn(C)c1. The second-order valence-corrected chi connectivity index (χ2v) is 4.69. The van der Waals surface area contributed by atoms with Gasteiger partial charge in [-0.15, -0.1) is 0 Å². The van der Waals surface area contributed by atoms with Crippen LogP contribution in [0.5, 0.6) is 0 Å². The molecule has 0 aliphatic heterocycles. The Balaban J connectivity index is 2.30. The highest BCUT2D eigenvalue weighted by atomic mass is 14.9. The Morgan fingerprint density at radius 2 is 2.06 bits per heavy atom. The minimum absolute atomic E-state index is 0.699. The zero-order chi connectivity index (χ0) is 11.8. The molecule has 16 heavy (non-hydrogen) atoms. The lowest BCUT2D eigenvalue weighted by molar-refractivity contribution is 0.434. The van der Waals surface area contributed by atoms with Gasteiger partial charge in [0.15, 0.2) is 0 Å². The number of hydrogen-bond donors (Lipinski definition) is 1. The molecule has 0 radical (unpaired) electrons. The highest BCUT2D eigenvalue weighted by molar-refractivity contribution is 5.09. The lowest BCUT2D eigenvalue weighted by atomic mass is 10.1. The van der Waals surface area contributed by atoms with Crippen molar-refractivity contribution in [3.05, 3.63) is 24.0 Å². The van der Waals surface area contributed by atoms with Gasteiger partial charge in [-0.3, -0.25) is 0 Å². The highest BCUT2D eigenvalue weighted by Crippen LogP contribution is 2.08. The molecule has 1 aromatic heterocycles. The van der Waals surface area contributed by atoms with Crippen LogP contribution in [-0.2, 0) is 13.6 Å². The lowest BCUT2D eigenvalue weighted by Crippen LogP contribution is -2.28. The summed E-state index contributed by atoms with van der Waals surface area (Å²) < 4.78 is 2.11. The van der Waals surface area contributed by atoms with E-state index in [1.165, 1.54) is 37.7 Å². The molecule has 1 atom stereocenters. The molecule has 1 N–H and O–H groups in total. The van der Waals surface area contributed by atoms with E-state index in [2.05, 4.69) is 49.2 Å². The Labute approximate surface area is 100 Å². The molecule has 0 saturated carbocycles. The molecule has 0 aliphatic carbocycles. The highest BCUT2D eigenvalue weighted by Gasteiger charge is 2.06. The van der Waals surface area contributed by atoms with Gasteiger partial charge >= 0.3 is 0 Å². The summed E-state index contributed by atoms with van der Waals surface area (Å²) in [6, 6.07) is 2.89. The van der Waals surface area contributed by atoms with Gasteiger partial charge in [-0.2, -0.15) is 0 Å². The van der Waals surface area contributed by atoms with Gasteiger partial charge in [-0.1, -0.05) is 33.1 Å². The topological polar surface area (TPSA) is 17.0 Å². The maximum absolute atomic E-state index is 3.67. The molecule has 0 amide bonds. The van der Waals surface area contributed by atoms with Crippen molar-refractivity contribution in [3.63, 3.8) is 0 Å². The minimum Gasteiger partial charge on any atom is -0.357 e. The Bertz CT molecular complexity index is 278. The summed E-state index contributed by atoms with van der Waals surface area (Å²) >= 11 is 0. The van der Waals surface area contributed by atoms with E-state index in [9.17, 15) is 0 Å². The van der Waals surface area contributed by atoms with Gasteiger partial charge in [0.2, 0.25) is 0 Å². The van der Waals surface area contributed by atoms with Gasteiger partial charge in [0.1, 0.15) is 0 Å². The van der Waals surface area contributed by atoms with E-state index in [4.69, 9.17) is 0 Å². The van der Waals surface area contributed by atoms with Crippen molar-refractivity contribution >= 4 is 0 Å². The quantitative estimate of drug-likeness (QED) is 0.712. The van der Waals surface area contributed by atoms with Crippen LogP contribution in [0.15, 0.2) is 18.5 Å². The second-order valence-electron chi connectivity index (χ2n) is 4.69. The fourth-order valence-electron chi connectivity index (χ4n) is 2.08. The number of aryl methyl sites for hydroxylation is 1.